The van der Waals surface area contributed by atoms with Crippen molar-refractivity contribution in [1.29, 1.82) is 0 Å². The van der Waals surface area contributed by atoms with Gasteiger partial charge in [0.15, 0.2) is 6.61 Å². The molecule has 2 N–H and O–H groups in total. The number of esters is 1. The minimum Gasteiger partial charge on any atom is -0.452 e. The van der Waals surface area contributed by atoms with Gasteiger partial charge in [0, 0.05) is 12.2 Å². The fourth-order valence-corrected chi connectivity index (χ4v) is 3.38. The third kappa shape index (κ3) is 5.63. The Morgan fingerprint density at radius 1 is 1.04 bits per heavy atom. The molecule has 0 unspecified atom stereocenters. The average Bonchev–Trinajstić information content (AvgIpc) is 2.63. The Labute approximate surface area is 158 Å². The van der Waals surface area contributed by atoms with E-state index in [1.165, 1.54) is 24.3 Å². The molecule has 0 aromatic heterocycles. The zero-order chi connectivity index (χ0) is 20.0. The number of hydrogen-bond donors (Lipinski definition) is 2. The lowest BCUT2D eigenvalue weighted by Crippen LogP contribution is -2.24. The molecule has 2 aromatic rings. The van der Waals surface area contributed by atoms with Crippen molar-refractivity contribution in [1.82, 2.24) is 4.72 Å². The van der Waals surface area contributed by atoms with E-state index in [9.17, 15) is 18.0 Å². The summed E-state index contributed by atoms with van der Waals surface area (Å²) in [6.07, 6.45) is 0. The Bertz CT molecular complexity index is 954. The van der Waals surface area contributed by atoms with Crippen LogP contribution in [-0.4, -0.2) is 33.4 Å². The van der Waals surface area contributed by atoms with Crippen molar-refractivity contribution in [3.63, 3.8) is 0 Å². The fraction of sp³-hybridized carbons (Fsp3) is 0.263. The van der Waals surface area contributed by atoms with Crippen molar-refractivity contribution >= 4 is 27.6 Å². The summed E-state index contributed by atoms with van der Waals surface area (Å²) < 4.78 is 31.3. The van der Waals surface area contributed by atoms with Crippen LogP contribution in [-0.2, 0) is 19.6 Å². The summed E-state index contributed by atoms with van der Waals surface area (Å²) in [5, 5.41) is 2.65. The van der Waals surface area contributed by atoms with E-state index in [1.54, 1.807) is 13.0 Å². The second-order valence-corrected chi connectivity index (χ2v) is 7.72. The van der Waals surface area contributed by atoms with Gasteiger partial charge in [-0.15, -0.1) is 0 Å². The van der Waals surface area contributed by atoms with Gasteiger partial charge in [0.05, 0.1) is 10.5 Å². The third-order valence-corrected chi connectivity index (χ3v) is 5.38. The first-order valence-corrected chi connectivity index (χ1v) is 9.85. The molecule has 2 aromatic carbocycles. The predicted octanol–water partition coefficient (Wildman–Crippen LogP) is 2.40. The number of carbonyl (C=O) groups excluding carboxylic acids is 2. The number of anilines is 1. The molecule has 0 aliphatic heterocycles. The molecular formula is C19H22N2O5S. The molecular weight excluding hydrogens is 368 g/mol. The molecule has 0 radical (unpaired) electrons. The molecule has 0 atom stereocenters. The van der Waals surface area contributed by atoms with Crippen molar-refractivity contribution in [3.8, 4) is 0 Å². The smallest absolute Gasteiger partial charge is 0.338 e. The maximum atomic E-state index is 12.1. The lowest BCUT2D eigenvalue weighted by atomic mass is 10.1. The molecule has 0 heterocycles. The van der Waals surface area contributed by atoms with Crippen LogP contribution in [0.15, 0.2) is 47.4 Å². The molecule has 2 rings (SSSR count). The second kappa shape index (κ2) is 8.79. The lowest BCUT2D eigenvalue weighted by Gasteiger charge is -2.09. The number of ether oxygens (including phenoxy) is 1. The first kappa shape index (κ1) is 20.6. The summed E-state index contributed by atoms with van der Waals surface area (Å²) in [5.41, 5.74) is 2.79. The Morgan fingerprint density at radius 2 is 1.78 bits per heavy atom. The fourth-order valence-electron chi connectivity index (χ4n) is 2.29. The SMILES string of the molecule is CCNS(=O)(=O)c1cccc(C(=O)OCC(=O)Nc2ccc(C)c(C)c2)c1. The number of rotatable bonds is 7. The number of amides is 1. The van der Waals surface area contributed by atoms with Crippen molar-refractivity contribution in [3.05, 3.63) is 59.2 Å². The van der Waals surface area contributed by atoms with Crippen LogP contribution in [0.5, 0.6) is 0 Å². The number of benzene rings is 2. The van der Waals surface area contributed by atoms with E-state index < -0.39 is 28.5 Å². The van der Waals surface area contributed by atoms with Gasteiger partial charge in [0.25, 0.3) is 5.91 Å². The zero-order valence-electron chi connectivity index (χ0n) is 15.4. The van der Waals surface area contributed by atoms with Crippen LogP contribution < -0.4 is 10.0 Å². The maximum absolute atomic E-state index is 12.1. The number of hydrogen-bond acceptors (Lipinski definition) is 5. The Morgan fingerprint density at radius 3 is 2.44 bits per heavy atom. The topological polar surface area (TPSA) is 102 Å². The highest BCUT2D eigenvalue weighted by Gasteiger charge is 2.16. The van der Waals surface area contributed by atoms with Crippen LogP contribution in [0, 0.1) is 13.8 Å². The summed E-state index contributed by atoms with van der Waals surface area (Å²) >= 11 is 0. The van der Waals surface area contributed by atoms with E-state index in [-0.39, 0.29) is 17.0 Å². The normalized spacial score (nSPS) is 11.1. The van der Waals surface area contributed by atoms with Crippen LogP contribution in [0.2, 0.25) is 0 Å². The molecule has 27 heavy (non-hydrogen) atoms. The Hall–Kier alpha value is -2.71. The molecule has 1 amide bonds. The zero-order valence-corrected chi connectivity index (χ0v) is 16.2. The van der Waals surface area contributed by atoms with E-state index >= 15 is 0 Å². The minimum absolute atomic E-state index is 0.0432. The number of sulfonamides is 1. The molecule has 0 aliphatic rings. The monoisotopic (exact) mass is 390 g/mol. The summed E-state index contributed by atoms with van der Waals surface area (Å²) in [6, 6.07) is 10.9. The molecule has 0 saturated heterocycles. The van der Waals surface area contributed by atoms with Gasteiger partial charge in [0.2, 0.25) is 10.0 Å². The van der Waals surface area contributed by atoms with Gasteiger partial charge < -0.3 is 10.1 Å². The van der Waals surface area contributed by atoms with Gasteiger partial charge in [-0.2, -0.15) is 0 Å². The van der Waals surface area contributed by atoms with Crippen LogP contribution in [0.1, 0.15) is 28.4 Å². The van der Waals surface area contributed by atoms with Crippen molar-refractivity contribution in [2.75, 3.05) is 18.5 Å². The predicted molar refractivity (Wildman–Crippen MR) is 102 cm³/mol. The number of nitrogens with one attached hydrogen (secondary N) is 2. The van der Waals surface area contributed by atoms with Gasteiger partial charge in [-0.05, 0) is 55.3 Å². The van der Waals surface area contributed by atoms with E-state index in [4.69, 9.17) is 4.74 Å². The Kier molecular flexibility index (Phi) is 6.70. The molecule has 0 saturated carbocycles. The van der Waals surface area contributed by atoms with Crippen LogP contribution >= 0.6 is 0 Å². The minimum atomic E-state index is -3.68. The van der Waals surface area contributed by atoms with Crippen LogP contribution in [0.3, 0.4) is 0 Å². The number of aryl methyl sites for hydroxylation is 2. The molecule has 8 heteroatoms. The standard InChI is InChI=1S/C19H22N2O5S/c1-4-20-27(24,25)17-7-5-6-15(11-17)19(23)26-12-18(22)21-16-9-8-13(2)14(3)10-16/h5-11,20H,4,12H2,1-3H3,(H,21,22). The first-order valence-electron chi connectivity index (χ1n) is 8.37. The van der Waals surface area contributed by atoms with Gasteiger partial charge in [-0.1, -0.05) is 19.1 Å². The number of carbonyl (C=O) groups is 2. The van der Waals surface area contributed by atoms with E-state index in [0.29, 0.717) is 5.69 Å². The molecule has 0 spiro atoms. The summed E-state index contributed by atoms with van der Waals surface area (Å²) in [6.45, 7) is 5.31. The first-order chi connectivity index (χ1) is 12.7. The average molecular weight is 390 g/mol. The molecule has 0 fully saturated rings. The third-order valence-electron chi connectivity index (χ3n) is 3.84. The van der Waals surface area contributed by atoms with E-state index in [1.807, 2.05) is 26.0 Å². The van der Waals surface area contributed by atoms with Gasteiger partial charge in [-0.3, -0.25) is 4.79 Å². The summed E-state index contributed by atoms with van der Waals surface area (Å²) in [7, 11) is -3.68. The maximum Gasteiger partial charge on any atom is 0.338 e. The van der Waals surface area contributed by atoms with Gasteiger partial charge >= 0.3 is 5.97 Å². The van der Waals surface area contributed by atoms with E-state index in [2.05, 4.69) is 10.0 Å². The van der Waals surface area contributed by atoms with Crippen molar-refractivity contribution in [2.24, 2.45) is 0 Å². The molecule has 0 bridgehead atoms. The van der Waals surface area contributed by atoms with Gasteiger partial charge in [0.1, 0.15) is 0 Å². The van der Waals surface area contributed by atoms with Crippen molar-refractivity contribution in [2.45, 2.75) is 25.7 Å². The highest BCUT2D eigenvalue weighted by atomic mass is 32.2. The largest absolute Gasteiger partial charge is 0.452 e. The summed E-state index contributed by atoms with van der Waals surface area (Å²) in [5.74, 6) is -1.26. The van der Waals surface area contributed by atoms with Gasteiger partial charge in [-0.25, -0.2) is 17.9 Å². The van der Waals surface area contributed by atoms with Crippen molar-refractivity contribution < 1.29 is 22.7 Å². The molecule has 144 valence electrons. The second-order valence-electron chi connectivity index (χ2n) is 5.95. The van der Waals surface area contributed by atoms with E-state index in [0.717, 1.165) is 11.1 Å². The quantitative estimate of drug-likeness (QED) is 0.707. The molecule has 7 nitrogen and oxygen atoms in total. The lowest BCUT2D eigenvalue weighted by molar-refractivity contribution is -0.119. The summed E-state index contributed by atoms with van der Waals surface area (Å²) in [4.78, 5) is 24.0. The van der Waals surface area contributed by atoms with Crippen LogP contribution in [0.4, 0.5) is 5.69 Å². The Balaban J connectivity index is 1.99. The highest BCUT2D eigenvalue weighted by molar-refractivity contribution is 7.89. The molecule has 0 aliphatic carbocycles. The highest BCUT2D eigenvalue weighted by Crippen LogP contribution is 2.15. The van der Waals surface area contributed by atoms with Crippen LogP contribution in [0.25, 0.3) is 0 Å².